The molecule has 2 fully saturated rings. The zero-order valence-electron chi connectivity index (χ0n) is 10.5. The first-order valence-corrected chi connectivity index (χ1v) is 6.95. The highest BCUT2D eigenvalue weighted by atomic mass is 16.2. The molecule has 2 atom stereocenters. The molecule has 2 heterocycles. The van der Waals surface area contributed by atoms with Gasteiger partial charge in [-0.15, -0.1) is 0 Å². The van der Waals surface area contributed by atoms with Crippen molar-refractivity contribution in [2.75, 3.05) is 6.54 Å². The number of nitrogens with one attached hydrogen (secondary N) is 1. The van der Waals surface area contributed by atoms with Gasteiger partial charge in [0.05, 0.1) is 0 Å². The van der Waals surface area contributed by atoms with E-state index in [0.29, 0.717) is 6.04 Å². The second-order valence-corrected chi connectivity index (χ2v) is 5.88. The summed E-state index contributed by atoms with van der Waals surface area (Å²) in [5.74, 6) is 1.02. The van der Waals surface area contributed by atoms with Crippen molar-refractivity contribution in [3.05, 3.63) is 34.9 Å². The second kappa shape index (κ2) is 3.82. The van der Waals surface area contributed by atoms with E-state index >= 15 is 0 Å². The Bertz CT molecular complexity index is 511. The van der Waals surface area contributed by atoms with Crippen LogP contribution in [0, 0.1) is 5.92 Å². The molecule has 3 aliphatic rings. The fourth-order valence-corrected chi connectivity index (χ4v) is 3.77. The van der Waals surface area contributed by atoms with Crippen molar-refractivity contribution in [3.63, 3.8) is 0 Å². The van der Waals surface area contributed by atoms with E-state index in [2.05, 4.69) is 22.3 Å². The van der Waals surface area contributed by atoms with Crippen molar-refractivity contribution in [3.8, 4) is 0 Å². The van der Waals surface area contributed by atoms with Crippen LogP contribution in [0.4, 0.5) is 0 Å². The van der Waals surface area contributed by atoms with Crippen molar-refractivity contribution in [2.24, 2.45) is 5.92 Å². The number of nitrogens with zero attached hydrogens (tertiary/aromatic N) is 1. The molecule has 1 saturated heterocycles. The first-order valence-electron chi connectivity index (χ1n) is 6.95. The molecule has 2 unspecified atom stereocenters. The van der Waals surface area contributed by atoms with Crippen molar-refractivity contribution in [2.45, 2.75) is 38.4 Å². The predicted molar refractivity (Wildman–Crippen MR) is 69.2 cm³/mol. The lowest BCUT2D eigenvalue weighted by molar-refractivity contribution is 0.0703. The fraction of sp³-hybridized carbons (Fsp3) is 0.533. The van der Waals surface area contributed by atoms with Crippen LogP contribution in [-0.2, 0) is 13.1 Å². The molecule has 3 heteroatoms. The maximum absolute atomic E-state index is 12.5. The van der Waals surface area contributed by atoms with Crippen molar-refractivity contribution >= 4 is 5.91 Å². The van der Waals surface area contributed by atoms with Crippen LogP contribution in [-0.4, -0.2) is 23.4 Å². The normalized spacial score (nSPS) is 28.8. The van der Waals surface area contributed by atoms with Gasteiger partial charge in [0.1, 0.15) is 0 Å². The molecule has 94 valence electrons. The average Bonchev–Trinajstić information content (AvgIpc) is 3.12. The van der Waals surface area contributed by atoms with Gasteiger partial charge in [-0.2, -0.15) is 0 Å². The molecule has 2 aliphatic heterocycles. The van der Waals surface area contributed by atoms with Gasteiger partial charge in [0.2, 0.25) is 0 Å². The molecule has 0 spiro atoms. The van der Waals surface area contributed by atoms with Crippen LogP contribution < -0.4 is 5.32 Å². The molecule has 0 radical (unpaired) electrons. The molecule has 18 heavy (non-hydrogen) atoms. The molecule has 1 saturated carbocycles. The summed E-state index contributed by atoms with van der Waals surface area (Å²) < 4.78 is 0. The monoisotopic (exact) mass is 242 g/mol. The average molecular weight is 242 g/mol. The van der Waals surface area contributed by atoms with E-state index < -0.39 is 0 Å². The minimum absolute atomic E-state index is 0.247. The highest BCUT2D eigenvalue weighted by molar-refractivity contribution is 5.95. The zero-order chi connectivity index (χ0) is 12.1. The lowest BCUT2D eigenvalue weighted by Crippen LogP contribution is -2.37. The van der Waals surface area contributed by atoms with E-state index in [1.54, 1.807) is 0 Å². The van der Waals surface area contributed by atoms with Gasteiger partial charge in [-0.3, -0.25) is 4.79 Å². The Labute approximate surface area is 107 Å². The molecular formula is C15H18N2O. The summed E-state index contributed by atoms with van der Waals surface area (Å²) in [5.41, 5.74) is 3.52. The molecule has 1 aliphatic carbocycles. The van der Waals surface area contributed by atoms with E-state index in [1.165, 1.54) is 30.4 Å². The smallest absolute Gasteiger partial charge is 0.254 e. The second-order valence-electron chi connectivity index (χ2n) is 5.88. The van der Waals surface area contributed by atoms with Gasteiger partial charge < -0.3 is 10.2 Å². The summed E-state index contributed by atoms with van der Waals surface area (Å²) >= 11 is 0. The van der Waals surface area contributed by atoms with E-state index in [-0.39, 0.29) is 5.91 Å². The molecule has 1 aromatic rings. The van der Waals surface area contributed by atoms with Gasteiger partial charge in [0, 0.05) is 31.2 Å². The maximum atomic E-state index is 12.5. The van der Waals surface area contributed by atoms with Gasteiger partial charge in [-0.05, 0) is 48.4 Å². The molecule has 0 aromatic heterocycles. The van der Waals surface area contributed by atoms with E-state index in [1.807, 2.05) is 6.07 Å². The summed E-state index contributed by atoms with van der Waals surface area (Å²) in [6, 6.07) is 6.72. The van der Waals surface area contributed by atoms with Gasteiger partial charge in [-0.1, -0.05) is 6.07 Å². The van der Waals surface area contributed by atoms with Crippen LogP contribution in [0.3, 0.4) is 0 Å². The largest absolute Gasteiger partial charge is 0.335 e. The van der Waals surface area contributed by atoms with Gasteiger partial charge >= 0.3 is 0 Å². The quantitative estimate of drug-likeness (QED) is 0.816. The Kier molecular flexibility index (Phi) is 2.24. The Morgan fingerprint density at radius 1 is 1.22 bits per heavy atom. The number of carbonyl (C=O) groups excluding carboxylic acids is 1. The summed E-state index contributed by atoms with van der Waals surface area (Å²) in [5, 5.41) is 3.33. The summed E-state index contributed by atoms with van der Waals surface area (Å²) in [6.07, 6.45) is 3.77. The fourth-order valence-electron chi connectivity index (χ4n) is 3.77. The lowest BCUT2D eigenvalue weighted by atomic mass is 10.0. The number of rotatable bonds is 1. The number of likely N-dealkylation sites (tertiary alicyclic amines) is 1. The first kappa shape index (κ1) is 10.6. The van der Waals surface area contributed by atoms with Crippen LogP contribution >= 0.6 is 0 Å². The van der Waals surface area contributed by atoms with Crippen molar-refractivity contribution < 1.29 is 4.79 Å². The topological polar surface area (TPSA) is 32.3 Å². The van der Waals surface area contributed by atoms with Crippen LogP contribution in [0.15, 0.2) is 18.2 Å². The minimum Gasteiger partial charge on any atom is -0.335 e. The van der Waals surface area contributed by atoms with E-state index in [0.717, 1.165) is 31.1 Å². The number of hydrogen-bond acceptors (Lipinski definition) is 2. The zero-order valence-corrected chi connectivity index (χ0v) is 10.5. The van der Waals surface area contributed by atoms with Crippen molar-refractivity contribution in [1.29, 1.82) is 0 Å². The van der Waals surface area contributed by atoms with E-state index in [9.17, 15) is 4.79 Å². The molecule has 1 N–H and O–H groups in total. The molecule has 4 rings (SSSR count). The standard InChI is InChI=1S/C15H18N2O/c18-15(17-9-10-1-4-14(17)5-10)11-2-3-12-7-16-8-13(12)6-11/h2-3,6,10,14,16H,1,4-5,7-9H2. The van der Waals surface area contributed by atoms with Crippen LogP contribution in [0.2, 0.25) is 0 Å². The highest BCUT2D eigenvalue weighted by Gasteiger charge is 2.40. The van der Waals surface area contributed by atoms with Gasteiger partial charge in [-0.25, -0.2) is 0 Å². The van der Waals surface area contributed by atoms with Gasteiger partial charge in [0.15, 0.2) is 0 Å². The molecule has 2 bridgehead atoms. The number of amides is 1. The third kappa shape index (κ3) is 1.50. The van der Waals surface area contributed by atoms with Crippen LogP contribution in [0.1, 0.15) is 40.7 Å². The number of benzene rings is 1. The predicted octanol–water partition coefficient (Wildman–Crippen LogP) is 1.91. The maximum Gasteiger partial charge on any atom is 0.254 e. The third-order valence-corrected chi connectivity index (χ3v) is 4.75. The van der Waals surface area contributed by atoms with Gasteiger partial charge in [0.25, 0.3) is 5.91 Å². The molecule has 3 nitrogen and oxygen atoms in total. The van der Waals surface area contributed by atoms with Crippen molar-refractivity contribution in [1.82, 2.24) is 10.2 Å². The lowest BCUT2D eigenvalue weighted by Gasteiger charge is -2.27. The Hall–Kier alpha value is -1.35. The van der Waals surface area contributed by atoms with E-state index in [4.69, 9.17) is 0 Å². The molecular weight excluding hydrogens is 224 g/mol. The number of fused-ring (bicyclic) bond motifs is 3. The Morgan fingerprint density at radius 3 is 2.89 bits per heavy atom. The Balaban J connectivity index is 1.61. The van der Waals surface area contributed by atoms with Crippen LogP contribution in [0.5, 0.6) is 0 Å². The third-order valence-electron chi connectivity index (χ3n) is 4.75. The highest BCUT2D eigenvalue weighted by Crippen LogP contribution is 2.38. The number of carbonyl (C=O) groups is 1. The minimum atomic E-state index is 0.247. The molecule has 1 aromatic carbocycles. The SMILES string of the molecule is O=C(c1ccc2c(c1)CNC2)N1CC2CCC1C2. The summed E-state index contributed by atoms with van der Waals surface area (Å²) in [6.45, 7) is 2.83. The summed E-state index contributed by atoms with van der Waals surface area (Å²) in [7, 11) is 0. The Morgan fingerprint density at radius 2 is 2.11 bits per heavy atom. The molecule has 1 amide bonds. The van der Waals surface area contributed by atoms with Crippen LogP contribution in [0.25, 0.3) is 0 Å². The number of piperidine rings is 1. The first-order chi connectivity index (χ1) is 8.81. The summed E-state index contributed by atoms with van der Waals surface area (Å²) in [4.78, 5) is 14.7. The number of hydrogen-bond donors (Lipinski definition) is 1.